The molecule has 4 saturated carbocycles. The average Bonchev–Trinajstić information content (AvgIpc) is 2.53. The predicted octanol–water partition coefficient (Wildman–Crippen LogP) is 5.98. The van der Waals surface area contributed by atoms with E-state index >= 15 is 0 Å². The zero-order valence-corrected chi connectivity index (χ0v) is 18.0. The largest absolute Gasteiger partial charge is 0.490 e. The first-order valence-corrected chi connectivity index (χ1v) is 11.0. The second-order valence-corrected chi connectivity index (χ2v) is 10.4. The van der Waals surface area contributed by atoms with Crippen LogP contribution in [-0.2, 0) is 6.54 Å². The van der Waals surface area contributed by atoms with Crippen LogP contribution in [0.15, 0.2) is 12.1 Å². The van der Waals surface area contributed by atoms with Gasteiger partial charge < -0.3 is 14.8 Å². The molecule has 4 heteroatoms. The van der Waals surface area contributed by atoms with Crippen molar-refractivity contribution in [1.29, 1.82) is 0 Å². The normalized spacial score (nSPS) is 36.9. The second kappa shape index (κ2) is 6.84. The molecule has 4 atom stereocenters. The van der Waals surface area contributed by atoms with Crippen molar-refractivity contribution in [2.45, 2.75) is 78.3 Å². The van der Waals surface area contributed by atoms with E-state index in [0.29, 0.717) is 40.4 Å². The summed E-state index contributed by atoms with van der Waals surface area (Å²) in [7, 11) is 0. The lowest BCUT2D eigenvalue weighted by molar-refractivity contribution is -0.118. The minimum atomic E-state index is 0.291. The molecule has 4 bridgehead atoms. The van der Waals surface area contributed by atoms with Crippen molar-refractivity contribution < 1.29 is 9.47 Å². The van der Waals surface area contributed by atoms with Gasteiger partial charge in [0.1, 0.15) is 0 Å². The van der Waals surface area contributed by atoms with Crippen molar-refractivity contribution in [2.75, 3.05) is 13.2 Å². The summed E-state index contributed by atoms with van der Waals surface area (Å²) in [5.74, 6) is 2.32. The molecule has 0 aromatic heterocycles. The number of ether oxygens (including phenoxy) is 2. The molecular formula is C23H34ClNO2. The number of halogens is 1. The van der Waals surface area contributed by atoms with E-state index in [-0.39, 0.29) is 0 Å². The van der Waals surface area contributed by atoms with Gasteiger partial charge in [0.05, 0.1) is 18.2 Å². The quantitative estimate of drug-likeness (QED) is 0.620. The molecule has 4 aliphatic rings. The summed E-state index contributed by atoms with van der Waals surface area (Å²) in [6.45, 7) is 11.0. The van der Waals surface area contributed by atoms with Crippen LogP contribution >= 0.6 is 11.6 Å². The number of hydrogen-bond acceptors (Lipinski definition) is 3. The minimum Gasteiger partial charge on any atom is -0.490 e. The van der Waals surface area contributed by atoms with Gasteiger partial charge in [-0.3, -0.25) is 0 Å². The molecule has 1 aromatic carbocycles. The summed E-state index contributed by atoms with van der Waals surface area (Å²) in [6.07, 6.45) is 8.22. The molecule has 0 radical (unpaired) electrons. The van der Waals surface area contributed by atoms with E-state index in [9.17, 15) is 0 Å². The summed E-state index contributed by atoms with van der Waals surface area (Å²) in [6, 6.07) is 4.13. The van der Waals surface area contributed by atoms with Crippen molar-refractivity contribution in [3.63, 3.8) is 0 Å². The van der Waals surface area contributed by atoms with E-state index in [4.69, 9.17) is 21.1 Å². The third kappa shape index (κ3) is 3.70. The van der Waals surface area contributed by atoms with Gasteiger partial charge in [-0.25, -0.2) is 0 Å². The first-order chi connectivity index (χ1) is 12.8. The molecule has 3 nitrogen and oxygen atoms in total. The smallest absolute Gasteiger partial charge is 0.179 e. The van der Waals surface area contributed by atoms with Crippen LogP contribution in [0.4, 0.5) is 0 Å². The zero-order valence-electron chi connectivity index (χ0n) is 17.3. The average molecular weight is 392 g/mol. The van der Waals surface area contributed by atoms with Gasteiger partial charge in [0.25, 0.3) is 0 Å². The fourth-order valence-electron chi connectivity index (χ4n) is 7.21. The lowest BCUT2D eigenvalue weighted by atomic mass is 9.43. The van der Waals surface area contributed by atoms with Crippen LogP contribution in [0.5, 0.6) is 11.5 Å². The third-order valence-electron chi connectivity index (χ3n) is 6.95. The number of hydrogen-bond donors (Lipinski definition) is 1. The summed E-state index contributed by atoms with van der Waals surface area (Å²) in [5.41, 5.74) is 2.51. The molecule has 0 heterocycles. The Morgan fingerprint density at radius 2 is 1.67 bits per heavy atom. The third-order valence-corrected chi connectivity index (χ3v) is 7.23. The maximum Gasteiger partial charge on any atom is 0.179 e. The molecule has 150 valence electrons. The van der Waals surface area contributed by atoms with Crippen molar-refractivity contribution in [3.05, 3.63) is 22.7 Å². The second-order valence-electron chi connectivity index (χ2n) is 10.0. The maximum atomic E-state index is 6.52. The van der Waals surface area contributed by atoms with Crippen molar-refractivity contribution in [2.24, 2.45) is 16.7 Å². The highest BCUT2D eigenvalue weighted by Gasteiger charge is 2.59. The Kier molecular flexibility index (Phi) is 4.91. The summed E-state index contributed by atoms with van der Waals surface area (Å²) in [4.78, 5) is 0. The van der Waals surface area contributed by atoms with Gasteiger partial charge in [-0.1, -0.05) is 25.4 Å². The van der Waals surface area contributed by atoms with Crippen LogP contribution in [0.2, 0.25) is 5.02 Å². The van der Waals surface area contributed by atoms with E-state index in [0.717, 1.165) is 18.2 Å². The van der Waals surface area contributed by atoms with Gasteiger partial charge in [0.15, 0.2) is 11.5 Å². The Morgan fingerprint density at radius 1 is 1.00 bits per heavy atom. The van der Waals surface area contributed by atoms with Gasteiger partial charge in [0.2, 0.25) is 0 Å². The van der Waals surface area contributed by atoms with Crippen LogP contribution in [-0.4, -0.2) is 18.8 Å². The van der Waals surface area contributed by atoms with E-state index in [2.05, 4.69) is 25.2 Å². The predicted molar refractivity (Wildman–Crippen MR) is 111 cm³/mol. The standard InChI is InChI=1S/C23H34ClNO2/c1-5-26-19-8-16(7-18(24)20(19)27-6-2)12-25-23-11-17-9-21(3,14-23)13-22(4,10-17)15-23/h7-8,17,25H,5-6,9-15H2,1-4H3/t17?,21-,22+,23?. The van der Waals surface area contributed by atoms with Crippen LogP contribution in [0, 0.1) is 16.7 Å². The molecule has 2 unspecified atom stereocenters. The topological polar surface area (TPSA) is 30.5 Å². The lowest BCUT2D eigenvalue weighted by Gasteiger charge is -2.65. The molecule has 1 N–H and O–H groups in total. The van der Waals surface area contributed by atoms with Crippen LogP contribution in [0.1, 0.15) is 71.8 Å². The van der Waals surface area contributed by atoms with Gasteiger partial charge in [-0.15, -0.1) is 0 Å². The van der Waals surface area contributed by atoms with E-state index in [1.54, 1.807) is 0 Å². The monoisotopic (exact) mass is 391 g/mol. The zero-order chi connectivity index (χ0) is 19.3. The van der Waals surface area contributed by atoms with Crippen LogP contribution in [0.3, 0.4) is 0 Å². The van der Waals surface area contributed by atoms with Crippen LogP contribution in [0.25, 0.3) is 0 Å². The molecule has 4 fully saturated rings. The Labute approximate surface area is 169 Å². The Bertz CT molecular complexity index is 701. The first-order valence-electron chi connectivity index (χ1n) is 10.6. The van der Waals surface area contributed by atoms with Gasteiger partial charge in [0, 0.05) is 12.1 Å². The highest BCUT2D eigenvalue weighted by Crippen LogP contribution is 2.66. The van der Waals surface area contributed by atoms with E-state index in [1.807, 2.05) is 19.9 Å². The molecule has 27 heavy (non-hydrogen) atoms. The molecule has 0 saturated heterocycles. The Balaban J connectivity index is 1.53. The summed E-state index contributed by atoms with van der Waals surface area (Å²) < 4.78 is 11.5. The molecule has 5 rings (SSSR count). The van der Waals surface area contributed by atoms with Gasteiger partial charge in [-0.2, -0.15) is 0 Å². The lowest BCUT2D eigenvalue weighted by Crippen LogP contribution is -2.63. The minimum absolute atomic E-state index is 0.291. The van der Waals surface area contributed by atoms with Crippen molar-refractivity contribution in [1.82, 2.24) is 5.32 Å². The summed E-state index contributed by atoms with van der Waals surface area (Å²) >= 11 is 6.52. The molecule has 0 aliphatic heterocycles. The SMILES string of the molecule is CCOc1cc(CNC23CC4C[C@@](C)(C2)C[C@](C)(C4)C3)cc(Cl)c1OCC. The fourth-order valence-corrected chi connectivity index (χ4v) is 7.49. The molecule has 4 aliphatic carbocycles. The number of rotatable bonds is 7. The molecule has 0 spiro atoms. The van der Waals surface area contributed by atoms with Gasteiger partial charge >= 0.3 is 0 Å². The first kappa shape index (κ1) is 19.4. The van der Waals surface area contributed by atoms with Gasteiger partial charge in [-0.05, 0) is 86.8 Å². The fraction of sp³-hybridized carbons (Fsp3) is 0.739. The number of benzene rings is 1. The van der Waals surface area contributed by atoms with Crippen LogP contribution < -0.4 is 14.8 Å². The van der Waals surface area contributed by atoms with Crippen molar-refractivity contribution in [3.8, 4) is 11.5 Å². The maximum absolute atomic E-state index is 6.52. The number of nitrogens with one attached hydrogen (secondary N) is 1. The summed E-state index contributed by atoms with van der Waals surface area (Å²) in [5, 5.41) is 4.63. The Morgan fingerprint density at radius 3 is 2.26 bits per heavy atom. The Hall–Kier alpha value is -0.930. The van der Waals surface area contributed by atoms with E-state index in [1.165, 1.54) is 44.1 Å². The highest BCUT2D eigenvalue weighted by atomic mass is 35.5. The molecule has 0 amide bonds. The molecule has 1 aromatic rings. The molecular weight excluding hydrogens is 358 g/mol. The van der Waals surface area contributed by atoms with E-state index < -0.39 is 0 Å². The highest BCUT2D eigenvalue weighted by molar-refractivity contribution is 6.32. The van der Waals surface area contributed by atoms with Crippen molar-refractivity contribution >= 4 is 11.6 Å².